The van der Waals surface area contributed by atoms with Crippen molar-refractivity contribution in [3.05, 3.63) is 113 Å². The molecule has 0 aliphatic rings. The zero-order valence-corrected chi connectivity index (χ0v) is 15.1. The zero-order chi connectivity index (χ0) is 19.2. The SMILES string of the molecule is O=c1ccc(-c2ccccc2)nn1-c1ccc(/C=N/Nc2ccccc2)cc1. The average Bonchev–Trinajstić information content (AvgIpc) is 2.76. The molecule has 4 rings (SSSR count). The van der Waals surface area contributed by atoms with Crippen molar-refractivity contribution in [2.45, 2.75) is 0 Å². The maximum atomic E-state index is 12.3. The van der Waals surface area contributed by atoms with E-state index in [9.17, 15) is 4.79 Å². The standard InChI is InChI=1S/C23H18N4O/c28-23-16-15-22(19-7-3-1-4-8-19)26-27(23)21-13-11-18(12-14-21)17-24-25-20-9-5-2-6-10-20/h1-17,25H/b24-17+. The molecule has 0 fully saturated rings. The third kappa shape index (κ3) is 4.04. The Hall–Kier alpha value is -3.99. The zero-order valence-electron chi connectivity index (χ0n) is 15.1. The molecular formula is C23H18N4O. The van der Waals surface area contributed by atoms with E-state index in [-0.39, 0.29) is 5.56 Å². The summed E-state index contributed by atoms with van der Waals surface area (Å²) in [6.07, 6.45) is 1.73. The summed E-state index contributed by atoms with van der Waals surface area (Å²) in [4.78, 5) is 12.3. The molecule has 3 aromatic carbocycles. The van der Waals surface area contributed by atoms with Crippen LogP contribution in [0.25, 0.3) is 16.9 Å². The van der Waals surface area contributed by atoms with Crippen molar-refractivity contribution in [3.8, 4) is 16.9 Å². The number of hydrogen-bond acceptors (Lipinski definition) is 4. The highest BCUT2D eigenvalue weighted by molar-refractivity contribution is 5.80. The number of benzene rings is 3. The van der Waals surface area contributed by atoms with Crippen LogP contribution in [0.2, 0.25) is 0 Å². The highest BCUT2D eigenvalue weighted by Gasteiger charge is 2.05. The fourth-order valence-electron chi connectivity index (χ4n) is 2.75. The van der Waals surface area contributed by atoms with Gasteiger partial charge in [0.1, 0.15) is 0 Å². The molecule has 1 heterocycles. The minimum Gasteiger partial charge on any atom is -0.279 e. The van der Waals surface area contributed by atoms with Crippen LogP contribution in [0.5, 0.6) is 0 Å². The Labute approximate surface area is 162 Å². The fraction of sp³-hybridized carbons (Fsp3) is 0. The van der Waals surface area contributed by atoms with Gasteiger partial charge in [0.05, 0.1) is 23.3 Å². The first-order valence-electron chi connectivity index (χ1n) is 8.90. The van der Waals surface area contributed by atoms with Crippen LogP contribution in [-0.2, 0) is 0 Å². The second-order valence-corrected chi connectivity index (χ2v) is 6.16. The normalized spacial score (nSPS) is 10.9. The molecular weight excluding hydrogens is 348 g/mol. The quantitative estimate of drug-likeness (QED) is 0.422. The van der Waals surface area contributed by atoms with Crippen molar-refractivity contribution >= 4 is 11.9 Å². The number of rotatable bonds is 5. The second-order valence-electron chi connectivity index (χ2n) is 6.16. The first-order valence-corrected chi connectivity index (χ1v) is 8.90. The molecule has 0 aliphatic carbocycles. The van der Waals surface area contributed by atoms with E-state index in [0.717, 1.165) is 22.5 Å². The Balaban J connectivity index is 1.55. The minimum absolute atomic E-state index is 0.174. The highest BCUT2D eigenvalue weighted by Crippen LogP contribution is 2.15. The van der Waals surface area contributed by atoms with Crippen LogP contribution >= 0.6 is 0 Å². The molecule has 0 aliphatic heterocycles. The summed E-state index contributed by atoms with van der Waals surface area (Å²) >= 11 is 0. The summed E-state index contributed by atoms with van der Waals surface area (Å²) in [6, 6.07) is 30.3. The summed E-state index contributed by atoms with van der Waals surface area (Å²) in [5.41, 5.74) is 7.06. The largest absolute Gasteiger partial charge is 0.279 e. The Morgan fingerprint density at radius 3 is 2.18 bits per heavy atom. The smallest absolute Gasteiger partial charge is 0.271 e. The lowest BCUT2D eigenvalue weighted by molar-refractivity contribution is 0.812. The first kappa shape index (κ1) is 17.4. The molecule has 0 atom stereocenters. The molecule has 4 aromatic rings. The van der Waals surface area contributed by atoms with Gasteiger partial charge in [-0.1, -0.05) is 60.7 Å². The maximum Gasteiger partial charge on any atom is 0.271 e. The molecule has 28 heavy (non-hydrogen) atoms. The number of hydrazone groups is 1. The van der Waals surface area contributed by atoms with Gasteiger partial charge in [0.15, 0.2) is 0 Å². The van der Waals surface area contributed by atoms with Crippen molar-refractivity contribution in [3.63, 3.8) is 0 Å². The molecule has 0 saturated heterocycles. The molecule has 1 aromatic heterocycles. The Kier molecular flexibility index (Phi) is 5.06. The van der Waals surface area contributed by atoms with E-state index < -0.39 is 0 Å². The minimum atomic E-state index is -0.174. The number of aromatic nitrogens is 2. The van der Waals surface area contributed by atoms with Crippen LogP contribution in [0, 0.1) is 0 Å². The van der Waals surface area contributed by atoms with Crippen molar-refractivity contribution in [2.24, 2.45) is 5.10 Å². The number of anilines is 1. The van der Waals surface area contributed by atoms with E-state index in [1.165, 1.54) is 10.7 Å². The third-order valence-electron chi connectivity index (χ3n) is 4.19. The van der Waals surface area contributed by atoms with Gasteiger partial charge in [-0.05, 0) is 35.9 Å². The van der Waals surface area contributed by atoms with E-state index in [4.69, 9.17) is 0 Å². The van der Waals surface area contributed by atoms with Gasteiger partial charge in [0, 0.05) is 11.6 Å². The lowest BCUT2D eigenvalue weighted by Crippen LogP contribution is -2.20. The van der Waals surface area contributed by atoms with Gasteiger partial charge in [-0.3, -0.25) is 10.2 Å². The molecule has 136 valence electrons. The van der Waals surface area contributed by atoms with Crippen molar-refractivity contribution in [1.29, 1.82) is 0 Å². The van der Waals surface area contributed by atoms with Crippen LogP contribution in [-0.4, -0.2) is 16.0 Å². The number of hydrogen-bond donors (Lipinski definition) is 1. The predicted octanol–water partition coefficient (Wildman–Crippen LogP) is 4.35. The van der Waals surface area contributed by atoms with Gasteiger partial charge in [0.2, 0.25) is 0 Å². The third-order valence-corrected chi connectivity index (χ3v) is 4.19. The lowest BCUT2D eigenvalue weighted by Gasteiger charge is -2.07. The monoisotopic (exact) mass is 366 g/mol. The number of para-hydroxylation sites is 1. The summed E-state index contributed by atoms with van der Waals surface area (Å²) < 4.78 is 1.41. The van der Waals surface area contributed by atoms with E-state index in [2.05, 4.69) is 15.6 Å². The lowest BCUT2D eigenvalue weighted by atomic mass is 10.1. The van der Waals surface area contributed by atoms with Crippen LogP contribution in [0.1, 0.15) is 5.56 Å². The van der Waals surface area contributed by atoms with E-state index in [1.54, 1.807) is 12.3 Å². The first-order chi connectivity index (χ1) is 13.8. The molecule has 0 spiro atoms. The van der Waals surface area contributed by atoms with Gasteiger partial charge in [-0.15, -0.1) is 0 Å². The fourth-order valence-corrected chi connectivity index (χ4v) is 2.75. The molecule has 5 nitrogen and oxygen atoms in total. The van der Waals surface area contributed by atoms with Crippen molar-refractivity contribution in [2.75, 3.05) is 5.43 Å². The van der Waals surface area contributed by atoms with Gasteiger partial charge >= 0.3 is 0 Å². The highest BCUT2D eigenvalue weighted by atomic mass is 16.1. The summed E-state index contributed by atoms with van der Waals surface area (Å²) in [7, 11) is 0. The van der Waals surface area contributed by atoms with Gasteiger partial charge < -0.3 is 0 Å². The van der Waals surface area contributed by atoms with Crippen LogP contribution in [0.3, 0.4) is 0 Å². The Morgan fingerprint density at radius 2 is 1.46 bits per heavy atom. The van der Waals surface area contributed by atoms with Crippen molar-refractivity contribution < 1.29 is 0 Å². The van der Waals surface area contributed by atoms with E-state index >= 15 is 0 Å². The summed E-state index contributed by atoms with van der Waals surface area (Å²) in [6.45, 7) is 0. The molecule has 0 bridgehead atoms. The topological polar surface area (TPSA) is 59.3 Å². The van der Waals surface area contributed by atoms with Gasteiger partial charge in [-0.2, -0.15) is 14.9 Å². The average molecular weight is 366 g/mol. The Morgan fingerprint density at radius 1 is 0.786 bits per heavy atom. The molecule has 0 saturated carbocycles. The van der Waals surface area contributed by atoms with Crippen molar-refractivity contribution in [1.82, 2.24) is 9.78 Å². The second kappa shape index (κ2) is 8.14. The van der Waals surface area contributed by atoms with Gasteiger partial charge in [0.25, 0.3) is 5.56 Å². The van der Waals surface area contributed by atoms with Crippen LogP contribution in [0.15, 0.2) is 107 Å². The molecule has 0 radical (unpaired) electrons. The molecule has 5 heteroatoms. The number of nitrogens with zero attached hydrogens (tertiary/aromatic N) is 3. The Bertz CT molecular complexity index is 1130. The number of nitrogens with one attached hydrogen (secondary N) is 1. The molecule has 1 N–H and O–H groups in total. The van der Waals surface area contributed by atoms with E-state index in [1.807, 2.05) is 84.9 Å². The summed E-state index contributed by atoms with van der Waals surface area (Å²) in [5, 5.41) is 8.73. The van der Waals surface area contributed by atoms with Gasteiger partial charge in [-0.25, -0.2) is 0 Å². The maximum absolute atomic E-state index is 12.3. The van der Waals surface area contributed by atoms with Crippen LogP contribution in [0.4, 0.5) is 5.69 Å². The predicted molar refractivity (Wildman–Crippen MR) is 113 cm³/mol. The molecule has 0 unspecified atom stereocenters. The van der Waals surface area contributed by atoms with E-state index in [0.29, 0.717) is 5.69 Å². The molecule has 0 amide bonds. The van der Waals surface area contributed by atoms with Crippen LogP contribution < -0.4 is 11.0 Å². The summed E-state index contributed by atoms with van der Waals surface area (Å²) in [5.74, 6) is 0.